The van der Waals surface area contributed by atoms with E-state index in [2.05, 4.69) is 0 Å². The fourth-order valence-corrected chi connectivity index (χ4v) is 3.36. The summed E-state index contributed by atoms with van der Waals surface area (Å²) < 4.78 is 30.5. The first-order valence-corrected chi connectivity index (χ1v) is 8.68. The summed E-state index contributed by atoms with van der Waals surface area (Å²) >= 11 is 0. The van der Waals surface area contributed by atoms with Gasteiger partial charge < -0.3 is 0 Å². The first-order valence-electron chi connectivity index (χ1n) is 7.07. The molecule has 0 aromatic heterocycles. The topological polar surface area (TPSA) is 77.8 Å². The highest BCUT2D eigenvalue weighted by Gasteiger charge is 2.26. The molecule has 2 aliphatic rings. The van der Waals surface area contributed by atoms with Crippen molar-refractivity contribution in [2.24, 2.45) is 0 Å². The van der Waals surface area contributed by atoms with Crippen molar-refractivity contribution in [3.63, 3.8) is 0 Å². The molecule has 0 saturated heterocycles. The number of allylic oxidation sites excluding steroid dienone is 2. The molecule has 0 saturated carbocycles. The monoisotopic (exact) mass is 319 g/mol. The zero-order valence-corrected chi connectivity index (χ0v) is 12.7. The van der Waals surface area contributed by atoms with Gasteiger partial charge in [-0.3, -0.25) is 9.76 Å². The highest BCUT2D eigenvalue weighted by atomic mass is 32.2. The smallest absolute Gasteiger partial charge is 0.264 e. The van der Waals surface area contributed by atoms with E-state index in [1.807, 2.05) is 48.6 Å². The molecule has 6 heteroatoms. The van der Waals surface area contributed by atoms with Crippen LogP contribution < -0.4 is 5.06 Å². The highest BCUT2D eigenvalue weighted by Crippen LogP contribution is 2.36. The van der Waals surface area contributed by atoms with Crippen LogP contribution in [0.5, 0.6) is 0 Å². The minimum absolute atomic E-state index is 0.189. The number of rotatable bonds is 4. The van der Waals surface area contributed by atoms with Crippen molar-refractivity contribution in [1.29, 1.82) is 0 Å². The van der Waals surface area contributed by atoms with E-state index < -0.39 is 10.1 Å². The molecule has 3 rings (SSSR count). The van der Waals surface area contributed by atoms with Gasteiger partial charge in [0.1, 0.15) is 0 Å². The predicted octanol–water partition coefficient (Wildman–Crippen LogP) is 2.59. The lowest BCUT2D eigenvalue weighted by Crippen LogP contribution is -2.35. The van der Waals surface area contributed by atoms with Gasteiger partial charge in [-0.2, -0.15) is 8.42 Å². The molecular weight excluding hydrogens is 302 g/mol. The molecule has 0 radical (unpaired) electrons. The van der Waals surface area contributed by atoms with Crippen molar-refractivity contribution in [2.75, 3.05) is 10.8 Å². The van der Waals surface area contributed by atoms with Crippen molar-refractivity contribution in [1.82, 2.24) is 0 Å². The third-order valence-corrected chi connectivity index (χ3v) is 4.68. The predicted molar refractivity (Wildman–Crippen MR) is 85.5 cm³/mol. The minimum Gasteiger partial charge on any atom is -0.287 e. The van der Waals surface area contributed by atoms with Gasteiger partial charge in [0, 0.05) is 5.56 Å². The second-order valence-corrected chi connectivity index (χ2v) is 6.99. The van der Waals surface area contributed by atoms with Crippen LogP contribution in [-0.2, 0) is 16.5 Å². The summed E-state index contributed by atoms with van der Waals surface area (Å²) in [7, 11) is -3.94. The lowest BCUT2D eigenvalue weighted by Gasteiger charge is -2.33. The Hall–Kier alpha value is -1.89. The molecule has 2 N–H and O–H groups in total. The van der Waals surface area contributed by atoms with Crippen molar-refractivity contribution >= 4 is 21.9 Å². The van der Waals surface area contributed by atoms with Gasteiger partial charge in [-0.1, -0.05) is 36.4 Å². The number of hydrogen-bond donors (Lipinski definition) is 2. The summed E-state index contributed by atoms with van der Waals surface area (Å²) in [6, 6.07) is 5.40. The normalized spacial score (nSPS) is 19.6. The molecule has 0 fully saturated rings. The Labute approximate surface area is 129 Å². The molecule has 5 nitrogen and oxygen atoms in total. The molecule has 0 bridgehead atoms. The second-order valence-electron chi connectivity index (χ2n) is 5.42. The van der Waals surface area contributed by atoms with Crippen LogP contribution in [0.2, 0.25) is 0 Å². The molecule has 0 amide bonds. The highest BCUT2D eigenvalue weighted by molar-refractivity contribution is 7.85. The number of hydrogen-bond acceptors (Lipinski definition) is 4. The SMILES string of the molecule is O=S(=O)(O)CCCc1cccc2c1C=C1C=CC=CC1N2O. The fraction of sp³-hybridized carbons (Fsp3) is 0.250. The van der Waals surface area contributed by atoms with E-state index in [0.29, 0.717) is 18.5 Å². The Bertz CT molecular complexity index is 777. The summed E-state index contributed by atoms with van der Waals surface area (Å²) in [4.78, 5) is 0. The summed E-state index contributed by atoms with van der Waals surface area (Å²) in [5.41, 5.74) is 3.54. The third-order valence-electron chi connectivity index (χ3n) is 3.88. The lowest BCUT2D eigenvalue weighted by atomic mass is 9.90. The van der Waals surface area contributed by atoms with E-state index in [-0.39, 0.29) is 11.8 Å². The number of nitrogens with zero attached hydrogens (tertiary/aromatic N) is 1. The number of fused-ring (bicyclic) bond motifs is 2. The maximum Gasteiger partial charge on any atom is 0.264 e. The quantitative estimate of drug-likeness (QED) is 0.834. The van der Waals surface area contributed by atoms with Gasteiger partial charge in [0.05, 0.1) is 17.5 Å². The Kier molecular flexibility index (Phi) is 3.90. The average molecular weight is 319 g/mol. The van der Waals surface area contributed by atoms with Crippen molar-refractivity contribution in [3.05, 3.63) is 59.2 Å². The van der Waals surface area contributed by atoms with E-state index >= 15 is 0 Å². The van der Waals surface area contributed by atoms with Crippen LogP contribution in [0.4, 0.5) is 5.69 Å². The van der Waals surface area contributed by atoms with Gasteiger partial charge in [0.25, 0.3) is 10.1 Å². The molecule has 1 aromatic carbocycles. The molecular formula is C16H17NO4S. The summed E-state index contributed by atoms with van der Waals surface area (Å²) in [5.74, 6) is -0.263. The van der Waals surface area contributed by atoms with Crippen molar-refractivity contribution in [2.45, 2.75) is 18.9 Å². The van der Waals surface area contributed by atoms with Crippen LogP contribution >= 0.6 is 0 Å². The van der Waals surface area contributed by atoms with E-state index in [4.69, 9.17) is 4.55 Å². The number of aryl methyl sites for hydroxylation is 1. The van der Waals surface area contributed by atoms with Gasteiger partial charge in [-0.25, -0.2) is 5.06 Å². The van der Waals surface area contributed by atoms with E-state index in [1.165, 1.54) is 5.06 Å². The van der Waals surface area contributed by atoms with Crippen LogP contribution in [0.15, 0.2) is 48.1 Å². The maximum absolute atomic E-state index is 10.8. The maximum atomic E-state index is 10.8. The van der Waals surface area contributed by atoms with Crippen LogP contribution in [0.25, 0.3) is 6.08 Å². The Morgan fingerprint density at radius 3 is 2.82 bits per heavy atom. The van der Waals surface area contributed by atoms with Gasteiger partial charge in [0.2, 0.25) is 0 Å². The van der Waals surface area contributed by atoms with Crippen LogP contribution in [0.1, 0.15) is 17.5 Å². The molecule has 1 unspecified atom stereocenters. The van der Waals surface area contributed by atoms with Crippen molar-refractivity contribution in [3.8, 4) is 0 Å². The Morgan fingerprint density at radius 2 is 2.05 bits per heavy atom. The summed E-state index contributed by atoms with van der Waals surface area (Å²) in [5, 5.41) is 11.6. The lowest BCUT2D eigenvalue weighted by molar-refractivity contribution is 0.243. The van der Waals surface area contributed by atoms with Crippen LogP contribution in [0.3, 0.4) is 0 Å². The molecule has 0 spiro atoms. The zero-order valence-electron chi connectivity index (χ0n) is 11.9. The summed E-state index contributed by atoms with van der Waals surface area (Å²) in [6.45, 7) is 0. The first-order chi connectivity index (χ1) is 10.5. The number of anilines is 1. The van der Waals surface area contributed by atoms with E-state index in [0.717, 1.165) is 16.7 Å². The molecule has 116 valence electrons. The number of hydroxylamine groups is 1. The average Bonchev–Trinajstić information content (AvgIpc) is 2.47. The molecule has 22 heavy (non-hydrogen) atoms. The number of benzene rings is 1. The van der Waals surface area contributed by atoms with Crippen molar-refractivity contribution < 1.29 is 18.2 Å². The van der Waals surface area contributed by atoms with E-state index in [1.54, 1.807) is 0 Å². The fourth-order valence-electron chi connectivity index (χ4n) is 2.85. The largest absolute Gasteiger partial charge is 0.287 e. The van der Waals surface area contributed by atoms with Crippen LogP contribution in [0, 0.1) is 0 Å². The molecule has 1 heterocycles. The van der Waals surface area contributed by atoms with Gasteiger partial charge in [-0.05, 0) is 36.1 Å². The van der Waals surface area contributed by atoms with Crippen LogP contribution in [-0.4, -0.2) is 30.0 Å². The van der Waals surface area contributed by atoms with Gasteiger partial charge in [-0.15, -0.1) is 0 Å². The van der Waals surface area contributed by atoms with E-state index in [9.17, 15) is 13.6 Å². The summed E-state index contributed by atoms with van der Waals surface area (Å²) in [6.07, 6.45) is 10.6. The first kappa shape index (κ1) is 15.0. The standard InChI is InChI=1S/C16H17NO4S/c18-17-15-8-2-1-5-13(15)11-14-12(6-3-9-16(14)17)7-4-10-22(19,20)21/h1-3,5-6,8-9,11,15,18H,4,7,10H2,(H,19,20,21). The third kappa shape index (κ3) is 2.99. The Balaban J connectivity index is 1.91. The molecule has 1 aromatic rings. The zero-order chi connectivity index (χ0) is 15.7. The molecule has 1 atom stereocenters. The minimum atomic E-state index is -3.94. The van der Waals surface area contributed by atoms with Gasteiger partial charge >= 0.3 is 0 Å². The molecule has 1 aliphatic carbocycles. The van der Waals surface area contributed by atoms with Gasteiger partial charge in [0.15, 0.2) is 0 Å². The molecule has 1 aliphatic heterocycles. The Morgan fingerprint density at radius 1 is 1.23 bits per heavy atom. The second kappa shape index (κ2) is 5.72.